The summed E-state index contributed by atoms with van der Waals surface area (Å²) in [7, 11) is 1.53. The van der Waals surface area contributed by atoms with Gasteiger partial charge in [-0.2, -0.15) is 0 Å². The normalized spacial score (nSPS) is 19.5. The van der Waals surface area contributed by atoms with Crippen molar-refractivity contribution in [3.63, 3.8) is 0 Å². The van der Waals surface area contributed by atoms with E-state index >= 15 is 0 Å². The Morgan fingerprint density at radius 3 is 2.40 bits per heavy atom. The Bertz CT molecular complexity index is 708. The zero-order valence-electron chi connectivity index (χ0n) is 14.7. The van der Waals surface area contributed by atoms with Crippen LogP contribution in [0, 0.1) is 0 Å². The Hall–Kier alpha value is -2.57. The molecule has 1 aromatic carbocycles. The summed E-state index contributed by atoms with van der Waals surface area (Å²) in [6, 6.07) is 6.56. The summed E-state index contributed by atoms with van der Waals surface area (Å²) in [5, 5.41) is 2.85. The van der Waals surface area contributed by atoms with E-state index in [2.05, 4.69) is 5.32 Å². The number of rotatable bonds is 3. The van der Waals surface area contributed by atoms with Crippen LogP contribution in [0.2, 0.25) is 0 Å². The number of carbonyl (C=O) groups excluding carboxylic acids is 3. The number of likely N-dealkylation sites (tertiary alicyclic amines) is 1. The molecule has 3 rings (SSSR count). The SMILES string of the molecule is COc1ccccc1C(=O)N1CCC2(CC1)NC(=O)N(C(C)C)C2=O. The first kappa shape index (κ1) is 17.3. The second-order valence-corrected chi connectivity index (χ2v) is 6.77. The van der Waals surface area contributed by atoms with Gasteiger partial charge in [0.2, 0.25) is 0 Å². The van der Waals surface area contributed by atoms with Gasteiger partial charge in [-0.1, -0.05) is 12.1 Å². The maximum Gasteiger partial charge on any atom is 0.325 e. The summed E-state index contributed by atoms with van der Waals surface area (Å²) < 4.78 is 5.26. The number of ether oxygens (including phenoxy) is 1. The van der Waals surface area contributed by atoms with Crippen LogP contribution in [0.1, 0.15) is 37.0 Å². The van der Waals surface area contributed by atoms with Crippen LogP contribution in [0.4, 0.5) is 4.79 Å². The van der Waals surface area contributed by atoms with Gasteiger partial charge in [0, 0.05) is 19.1 Å². The maximum atomic E-state index is 12.8. The number of nitrogens with zero attached hydrogens (tertiary/aromatic N) is 2. The second-order valence-electron chi connectivity index (χ2n) is 6.77. The van der Waals surface area contributed by atoms with Crippen molar-refractivity contribution in [3.05, 3.63) is 29.8 Å². The number of imide groups is 1. The molecule has 0 aliphatic carbocycles. The van der Waals surface area contributed by atoms with Crippen LogP contribution in [-0.2, 0) is 4.79 Å². The van der Waals surface area contributed by atoms with Crippen LogP contribution >= 0.6 is 0 Å². The Kier molecular flexibility index (Phi) is 4.41. The van der Waals surface area contributed by atoms with Gasteiger partial charge in [-0.15, -0.1) is 0 Å². The average molecular weight is 345 g/mol. The number of piperidine rings is 1. The summed E-state index contributed by atoms with van der Waals surface area (Å²) in [6.07, 6.45) is 0.837. The zero-order chi connectivity index (χ0) is 18.2. The van der Waals surface area contributed by atoms with Crippen LogP contribution in [0.25, 0.3) is 0 Å². The third-order valence-electron chi connectivity index (χ3n) is 4.95. The predicted molar refractivity (Wildman–Crippen MR) is 91.4 cm³/mol. The molecule has 25 heavy (non-hydrogen) atoms. The molecule has 0 radical (unpaired) electrons. The Morgan fingerprint density at radius 2 is 1.84 bits per heavy atom. The number of para-hydroxylation sites is 1. The monoisotopic (exact) mass is 345 g/mol. The van der Waals surface area contributed by atoms with E-state index in [0.717, 1.165) is 0 Å². The molecular formula is C18H23N3O4. The fourth-order valence-corrected chi connectivity index (χ4v) is 3.53. The smallest absolute Gasteiger partial charge is 0.325 e. The molecule has 7 nitrogen and oxygen atoms in total. The molecule has 1 aromatic rings. The highest BCUT2D eigenvalue weighted by atomic mass is 16.5. The van der Waals surface area contributed by atoms with Crippen molar-refractivity contribution in [1.29, 1.82) is 0 Å². The minimum Gasteiger partial charge on any atom is -0.496 e. The van der Waals surface area contributed by atoms with Crippen LogP contribution in [0.5, 0.6) is 5.75 Å². The van der Waals surface area contributed by atoms with E-state index in [1.807, 2.05) is 19.9 Å². The fourth-order valence-electron chi connectivity index (χ4n) is 3.53. The van der Waals surface area contributed by atoms with E-state index in [0.29, 0.717) is 37.2 Å². The van der Waals surface area contributed by atoms with E-state index < -0.39 is 5.54 Å². The minimum atomic E-state index is -0.876. The molecule has 0 bridgehead atoms. The van der Waals surface area contributed by atoms with Crippen LogP contribution < -0.4 is 10.1 Å². The van der Waals surface area contributed by atoms with Gasteiger partial charge in [0.25, 0.3) is 11.8 Å². The summed E-state index contributed by atoms with van der Waals surface area (Å²) in [5.74, 6) is 0.227. The highest BCUT2D eigenvalue weighted by Crippen LogP contribution is 2.31. The lowest BCUT2D eigenvalue weighted by Gasteiger charge is -2.37. The van der Waals surface area contributed by atoms with Crippen molar-refractivity contribution in [2.45, 2.75) is 38.3 Å². The summed E-state index contributed by atoms with van der Waals surface area (Å²) in [6.45, 7) is 4.46. The van der Waals surface area contributed by atoms with Crippen molar-refractivity contribution in [2.75, 3.05) is 20.2 Å². The van der Waals surface area contributed by atoms with E-state index in [9.17, 15) is 14.4 Å². The molecule has 2 heterocycles. The number of urea groups is 1. The second kappa shape index (κ2) is 6.38. The molecular weight excluding hydrogens is 322 g/mol. The van der Waals surface area contributed by atoms with E-state index in [-0.39, 0.29) is 23.9 Å². The molecule has 4 amide bonds. The summed E-state index contributed by atoms with van der Waals surface area (Å²) >= 11 is 0. The van der Waals surface area contributed by atoms with Gasteiger partial charge in [0.05, 0.1) is 12.7 Å². The van der Waals surface area contributed by atoms with E-state index in [1.165, 1.54) is 12.0 Å². The molecule has 1 spiro atoms. The number of nitrogens with one attached hydrogen (secondary N) is 1. The lowest BCUT2D eigenvalue weighted by Crippen LogP contribution is -2.56. The highest BCUT2D eigenvalue weighted by molar-refractivity contribution is 6.07. The molecule has 2 aliphatic rings. The van der Waals surface area contributed by atoms with Crippen LogP contribution in [-0.4, -0.2) is 59.4 Å². The maximum absolute atomic E-state index is 12.8. The highest BCUT2D eigenvalue weighted by Gasteiger charge is 2.53. The number of hydrogen-bond acceptors (Lipinski definition) is 4. The number of methoxy groups -OCH3 is 1. The lowest BCUT2D eigenvalue weighted by atomic mass is 9.87. The first-order valence-electron chi connectivity index (χ1n) is 8.48. The Labute approximate surface area is 146 Å². The standard InChI is InChI=1S/C18H23N3O4/c1-12(2)21-16(23)18(19-17(21)24)8-10-20(11-9-18)15(22)13-6-4-5-7-14(13)25-3/h4-7,12H,8-11H2,1-3H3,(H,19,24). The number of benzene rings is 1. The Balaban J connectivity index is 1.73. The lowest BCUT2D eigenvalue weighted by molar-refractivity contribution is -0.133. The van der Waals surface area contributed by atoms with Gasteiger partial charge in [0.15, 0.2) is 0 Å². The molecule has 134 valence electrons. The van der Waals surface area contributed by atoms with Crippen LogP contribution in [0.3, 0.4) is 0 Å². The van der Waals surface area contributed by atoms with Crippen molar-refractivity contribution >= 4 is 17.8 Å². The van der Waals surface area contributed by atoms with Crippen molar-refractivity contribution in [1.82, 2.24) is 15.1 Å². The van der Waals surface area contributed by atoms with Gasteiger partial charge in [-0.3, -0.25) is 14.5 Å². The number of amides is 4. The Morgan fingerprint density at radius 1 is 1.20 bits per heavy atom. The molecule has 2 aliphatic heterocycles. The van der Waals surface area contributed by atoms with Crippen molar-refractivity contribution in [3.8, 4) is 5.75 Å². The predicted octanol–water partition coefficient (Wildman–Crippen LogP) is 1.63. The molecule has 2 saturated heterocycles. The van der Waals surface area contributed by atoms with Gasteiger partial charge < -0.3 is 15.0 Å². The van der Waals surface area contributed by atoms with Crippen molar-refractivity contribution < 1.29 is 19.1 Å². The molecule has 0 unspecified atom stereocenters. The quantitative estimate of drug-likeness (QED) is 0.845. The first-order valence-corrected chi connectivity index (χ1v) is 8.48. The molecule has 1 N–H and O–H groups in total. The van der Waals surface area contributed by atoms with Gasteiger partial charge in [-0.25, -0.2) is 4.79 Å². The number of carbonyl (C=O) groups is 3. The van der Waals surface area contributed by atoms with Gasteiger partial charge in [0.1, 0.15) is 11.3 Å². The van der Waals surface area contributed by atoms with Gasteiger partial charge in [-0.05, 0) is 38.8 Å². The average Bonchev–Trinajstić information content (AvgIpc) is 2.85. The fraction of sp³-hybridized carbons (Fsp3) is 0.500. The first-order chi connectivity index (χ1) is 11.9. The molecule has 0 saturated carbocycles. The minimum absolute atomic E-state index is 0.121. The summed E-state index contributed by atoms with van der Waals surface area (Å²) in [4.78, 5) is 40.6. The third-order valence-corrected chi connectivity index (χ3v) is 4.95. The summed E-state index contributed by atoms with van der Waals surface area (Å²) in [5.41, 5.74) is -0.370. The van der Waals surface area contributed by atoms with Crippen LogP contribution in [0.15, 0.2) is 24.3 Å². The van der Waals surface area contributed by atoms with E-state index in [1.54, 1.807) is 23.1 Å². The topological polar surface area (TPSA) is 79.0 Å². The molecule has 0 atom stereocenters. The van der Waals surface area contributed by atoms with Gasteiger partial charge >= 0.3 is 6.03 Å². The molecule has 2 fully saturated rings. The number of hydrogen-bond donors (Lipinski definition) is 1. The van der Waals surface area contributed by atoms with E-state index in [4.69, 9.17) is 4.74 Å². The molecule has 7 heteroatoms. The zero-order valence-corrected chi connectivity index (χ0v) is 14.7. The third kappa shape index (κ3) is 2.83. The molecule has 0 aromatic heterocycles. The largest absolute Gasteiger partial charge is 0.496 e. The van der Waals surface area contributed by atoms with Crippen molar-refractivity contribution in [2.24, 2.45) is 0 Å².